The highest BCUT2D eigenvalue weighted by Gasteiger charge is 2.02. The molecule has 0 saturated carbocycles. The van der Waals surface area contributed by atoms with E-state index >= 15 is 0 Å². The first-order chi connectivity index (χ1) is 5.29. The van der Waals surface area contributed by atoms with Crippen LogP contribution in [0.3, 0.4) is 0 Å². The van der Waals surface area contributed by atoms with E-state index in [9.17, 15) is 0 Å². The summed E-state index contributed by atoms with van der Waals surface area (Å²) in [5.74, 6) is 0. The summed E-state index contributed by atoms with van der Waals surface area (Å²) in [7, 11) is 0. The molecule has 0 N–H and O–H groups in total. The molecule has 2 aromatic rings. The fraction of sp³-hybridized carbons (Fsp3) is 0.143. The van der Waals surface area contributed by atoms with Gasteiger partial charge in [0.1, 0.15) is 3.70 Å². The van der Waals surface area contributed by atoms with Crippen LogP contribution >= 0.6 is 22.6 Å². The van der Waals surface area contributed by atoms with Crippen LogP contribution in [-0.2, 0) is 0 Å². The van der Waals surface area contributed by atoms with Gasteiger partial charge in [-0.25, -0.2) is 4.98 Å². The average molecular weight is 259 g/mol. The van der Waals surface area contributed by atoms with E-state index in [1.165, 1.54) is 0 Å². The molecule has 11 heavy (non-hydrogen) atoms. The number of imidazole rings is 1. The van der Waals surface area contributed by atoms with Crippen LogP contribution in [0.2, 0.25) is 0 Å². The lowest BCUT2D eigenvalue weighted by Crippen LogP contribution is -1.86. The van der Waals surface area contributed by atoms with Crippen molar-refractivity contribution < 1.29 is 0 Å². The molecule has 0 radical (unpaired) electrons. The Balaban J connectivity index is 2.92. The summed E-state index contributed by atoms with van der Waals surface area (Å²) in [4.78, 5) is 8.29. The molecule has 0 spiro atoms. The van der Waals surface area contributed by atoms with Crippen LogP contribution in [0.4, 0.5) is 0 Å². The van der Waals surface area contributed by atoms with E-state index in [-0.39, 0.29) is 0 Å². The highest BCUT2D eigenvalue weighted by atomic mass is 127. The Morgan fingerprint density at radius 2 is 2.36 bits per heavy atom. The molecule has 0 aliphatic heterocycles. The van der Waals surface area contributed by atoms with Crippen molar-refractivity contribution in [1.29, 1.82) is 0 Å². The Bertz CT molecular complexity index is 393. The summed E-state index contributed by atoms with van der Waals surface area (Å²) in [6.45, 7) is 1.99. The molecule has 2 rings (SSSR count). The van der Waals surface area contributed by atoms with E-state index in [1.54, 1.807) is 12.4 Å². The van der Waals surface area contributed by atoms with Crippen LogP contribution in [0.25, 0.3) is 5.65 Å². The number of fused-ring (bicyclic) bond motifs is 1. The van der Waals surface area contributed by atoms with Gasteiger partial charge in [0.2, 0.25) is 0 Å². The van der Waals surface area contributed by atoms with Gasteiger partial charge >= 0.3 is 0 Å². The number of hydrogen-bond acceptors (Lipinski definition) is 2. The molecule has 4 heteroatoms. The van der Waals surface area contributed by atoms with Crippen LogP contribution in [0.5, 0.6) is 0 Å². The number of hydrogen-bond donors (Lipinski definition) is 0. The van der Waals surface area contributed by atoms with E-state index in [4.69, 9.17) is 0 Å². The van der Waals surface area contributed by atoms with Gasteiger partial charge in [-0.2, -0.15) is 0 Å². The average Bonchev–Trinajstić information content (AvgIpc) is 2.30. The molecule has 2 aromatic heterocycles. The third kappa shape index (κ3) is 1.01. The number of aromatic nitrogens is 3. The fourth-order valence-electron chi connectivity index (χ4n) is 0.994. The number of nitrogens with zero attached hydrogens (tertiary/aromatic N) is 3. The SMILES string of the molecule is Cc1nc2cnccn2c1I. The van der Waals surface area contributed by atoms with Crippen molar-refractivity contribution in [2.45, 2.75) is 6.92 Å². The predicted octanol–water partition coefficient (Wildman–Crippen LogP) is 1.64. The molecular formula is C7H6IN3. The molecule has 0 aliphatic carbocycles. The number of halogens is 1. The Labute approximate surface area is 77.6 Å². The van der Waals surface area contributed by atoms with E-state index in [0.717, 1.165) is 15.0 Å². The largest absolute Gasteiger partial charge is 0.292 e. The summed E-state index contributed by atoms with van der Waals surface area (Å²) >= 11 is 2.27. The molecular weight excluding hydrogens is 253 g/mol. The van der Waals surface area contributed by atoms with Gasteiger partial charge in [-0.05, 0) is 29.5 Å². The summed E-state index contributed by atoms with van der Waals surface area (Å²) in [5, 5.41) is 0. The summed E-state index contributed by atoms with van der Waals surface area (Å²) in [6, 6.07) is 0. The zero-order chi connectivity index (χ0) is 7.84. The van der Waals surface area contributed by atoms with E-state index in [1.807, 2.05) is 17.5 Å². The second kappa shape index (κ2) is 2.44. The minimum atomic E-state index is 0.911. The van der Waals surface area contributed by atoms with Crippen molar-refractivity contribution in [3.8, 4) is 0 Å². The van der Waals surface area contributed by atoms with Gasteiger partial charge in [0.25, 0.3) is 0 Å². The van der Waals surface area contributed by atoms with E-state index in [2.05, 4.69) is 32.6 Å². The van der Waals surface area contributed by atoms with Crippen LogP contribution in [0.15, 0.2) is 18.6 Å². The minimum Gasteiger partial charge on any atom is -0.292 e. The molecule has 56 valence electrons. The first kappa shape index (κ1) is 7.02. The summed E-state index contributed by atoms with van der Waals surface area (Å²) in [6.07, 6.45) is 5.43. The Kier molecular flexibility index (Phi) is 1.56. The Morgan fingerprint density at radius 1 is 1.55 bits per heavy atom. The molecule has 0 bridgehead atoms. The van der Waals surface area contributed by atoms with Gasteiger partial charge in [0.05, 0.1) is 11.9 Å². The third-order valence-electron chi connectivity index (χ3n) is 1.53. The van der Waals surface area contributed by atoms with Crippen LogP contribution in [-0.4, -0.2) is 14.4 Å². The third-order valence-corrected chi connectivity index (χ3v) is 2.83. The normalized spacial score (nSPS) is 10.7. The first-order valence-electron chi connectivity index (χ1n) is 3.23. The minimum absolute atomic E-state index is 0.911. The highest BCUT2D eigenvalue weighted by molar-refractivity contribution is 14.1. The quantitative estimate of drug-likeness (QED) is 0.673. The molecule has 0 aromatic carbocycles. The maximum absolute atomic E-state index is 4.31. The summed E-state index contributed by atoms with van der Waals surface area (Å²) < 4.78 is 3.17. The van der Waals surface area contributed by atoms with Crippen molar-refractivity contribution in [3.05, 3.63) is 28.0 Å². The lowest BCUT2D eigenvalue weighted by atomic mass is 10.6. The zero-order valence-corrected chi connectivity index (χ0v) is 8.11. The van der Waals surface area contributed by atoms with Gasteiger partial charge < -0.3 is 0 Å². The van der Waals surface area contributed by atoms with Crippen LogP contribution in [0, 0.1) is 10.6 Å². The Hall–Kier alpha value is -0.650. The maximum Gasteiger partial charge on any atom is 0.156 e. The monoisotopic (exact) mass is 259 g/mol. The van der Waals surface area contributed by atoms with Crippen molar-refractivity contribution in [2.75, 3.05) is 0 Å². The van der Waals surface area contributed by atoms with Crippen molar-refractivity contribution in [1.82, 2.24) is 14.4 Å². The zero-order valence-electron chi connectivity index (χ0n) is 5.95. The maximum atomic E-state index is 4.31. The molecule has 0 amide bonds. The first-order valence-corrected chi connectivity index (χ1v) is 4.31. The number of aryl methyl sites for hydroxylation is 1. The van der Waals surface area contributed by atoms with E-state index in [0.29, 0.717) is 0 Å². The molecule has 0 fully saturated rings. The van der Waals surface area contributed by atoms with Gasteiger partial charge in [0.15, 0.2) is 5.65 Å². The fourth-order valence-corrected chi connectivity index (χ4v) is 1.52. The molecule has 3 nitrogen and oxygen atoms in total. The predicted molar refractivity (Wildman–Crippen MR) is 50.4 cm³/mol. The van der Waals surface area contributed by atoms with Gasteiger partial charge in [-0.15, -0.1) is 0 Å². The molecule has 0 unspecified atom stereocenters. The van der Waals surface area contributed by atoms with E-state index < -0.39 is 0 Å². The standard InChI is InChI=1S/C7H6IN3/c1-5-7(8)11-3-2-9-4-6(11)10-5/h2-4H,1H3. The number of rotatable bonds is 0. The van der Waals surface area contributed by atoms with Gasteiger partial charge in [0, 0.05) is 12.4 Å². The summed E-state index contributed by atoms with van der Waals surface area (Å²) in [5.41, 5.74) is 1.97. The van der Waals surface area contributed by atoms with Gasteiger partial charge in [-0.3, -0.25) is 9.38 Å². The molecule has 0 aliphatic rings. The van der Waals surface area contributed by atoms with Crippen molar-refractivity contribution in [2.24, 2.45) is 0 Å². The van der Waals surface area contributed by atoms with Gasteiger partial charge in [-0.1, -0.05) is 0 Å². The smallest absolute Gasteiger partial charge is 0.156 e. The van der Waals surface area contributed by atoms with Crippen molar-refractivity contribution >= 4 is 28.2 Å². The molecule has 0 saturated heterocycles. The lowest BCUT2D eigenvalue weighted by Gasteiger charge is -1.90. The second-order valence-electron chi connectivity index (χ2n) is 2.29. The molecule has 0 atom stereocenters. The van der Waals surface area contributed by atoms with Crippen molar-refractivity contribution in [3.63, 3.8) is 0 Å². The van der Waals surface area contributed by atoms with Crippen LogP contribution < -0.4 is 0 Å². The topological polar surface area (TPSA) is 30.2 Å². The second-order valence-corrected chi connectivity index (χ2v) is 3.31. The Morgan fingerprint density at radius 3 is 3.09 bits per heavy atom. The molecule has 2 heterocycles. The highest BCUT2D eigenvalue weighted by Crippen LogP contribution is 2.11. The van der Waals surface area contributed by atoms with Crippen LogP contribution in [0.1, 0.15) is 5.69 Å². The lowest BCUT2D eigenvalue weighted by molar-refractivity contribution is 1.10.